The molecule has 2 aromatic rings. The maximum absolute atomic E-state index is 11.1. The molecule has 0 fully saturated rings. The highest BCUT2D eigenvalue weighted by Gasteiger charge is 2.04. The Balaban J connectivity index is 2.40. The second-order valence-corrected chi connectivity index (χ2v) is 4.35. The minimum atomic E-state index is -0.122. The fourth-order valence-electron chi connectivity index (χ4n) is 1.78. The van der Waals surface area contributed by atoms with Crippen molar-refractivity contribution >= 4 is 17.3 Å². The van der Waals surface area contributed by atoms with Crippen LogP contribution in [0, 0.1) is 6.92 Å². The number of rotatable bonds is 2. The average Bonchev–Trinajstić information content (AvgIpc) is 2.32. The Morgan fingerprint density at radius 3 is 2.28 bits per heavy atom. The van der Waals surface area contributed by atoms with Crippen molar-refractivity contribution in [3.8, 4) is 11.1 Å². The molecule has 0 aliphatic rings. The van der Waals surface area contributed by atoms with E-state index in [4.69, 9.17) is 5.73 Å². The summed E-state index contributed by atoms with van der Waals surface area (Å²) >= 11 is 0. The van der Waals surface area contributed by atoms with Gasteiger partial charge in [-0.3, -0.25) is 4.79 Å². The Hall–Kier alpha value is -2.29. The van der Waals surface area contributed by atoms with Crippen LogP contribution in [0.25, 0.3) is 11.1 Å². The molecule has 2 aromatic carbocycles. The number of anilines is 2. The normalized spacial score (nSPS) is 10.1. The van der Waals surface area contributed by atoms with Gasteiger partial charge >= 0.3 is 0 Å². The number of aryl methyl sites for hydroxylation is 1. The number of nitrogens with one attached hydrogen (secondary N) is 1. The maximum atomic E-state index is 11.1. The predicted molar refractivity (Wildman–Crippen MR) is 75.3 cm³/mol. The highest BCUT2D eigenvalue weighted by Crippen LogP contribution is 2.27. The van der Waals surface area contributed by atoms with Gasteiger partial charge in [0.2, 0.25) is 5.91 Å². The van der Waals surface area contributed by atoms with E-state index in [9.17, 15) is 4.79 Å². The molecule has 0 aliphatic carbocycles. The first-order valence-corrected chi connectivity index (χ1v) is 5.80. The molecule has 0 heterocycles. The standard InChI is InChI=1S/C15H16N2O/c1-10-3-5-12(6-4-10)13-7-8-14(16)15(9-13)17-11(2)18/h3-9H,16H2,1-2H3,(H,17,18). The van der Waals surface area contributed by atoms with Crippen LogP contribution in [-0.2, 0) is 4.79 Å². The Morgan fingerprint density at radius 2 is 1.67 bits per heavy atom. The third kappa shape index (κ3) is 2.69. The first-order chi connectivity index (χ1) is 8.56. The quantitative estimate of drug-likeness (QED) is 0.792. The summed E-state index contributed by atoms with van der Waals surface area (Å²) in [6, 6.07) is 13.9. The highest BCUT2D eigenvalue weighted by molar-refractivity contribution is 5.93. The van der Waals surface area contributed by atoms with Crippen LogP contribution in [0.3, 0.4) is 0 Å². The molecule has 0 radical (unpaired) electrons. The van der Waals surface area contributed by atoms with Gasteiger partial charge < -0.3 is 11.1 Å². The Kier molecular flexibility index (Phi) is 3.33. The van der Waals surface area contributed by atoms with Gasteiger partial charge in [-0.2, -0.15) is 0 Å². The van der Waals surface area contributed by atoms with E-state index in [2.05, 4.69) is 36.5 Å². The van der Waals surface area contributed by atoms with Crippen molar-refractivity contribution in [2.75, 3.05) is 11.1 Å². The van der Waals surface area contributed by atoms with Gasteiger partial charge in [0.05, 0.1) is 11.4 Å². The zero-order valence-electron chi connectivity index (χ0n) is 10.5. The van der Waals surface area contributed by atoms with E-state index in [0.717, 1.165) is 11.1 Å². The lowest BCUT2D eigenvalue weighted by Gasteiger charge is -2.09. The number of hydrogen-bond donors (Lipinski definition) is 2. The van der Waals surface area contributed by atoms with E-state index in [1.807, 2.05) is 12.1 Å². The Labute approximate surface area is 107 Å². The molecule has 0 atom stereocenters. The molecule has 3 nitrogen and oxygen atoms in total. The van der Waals surface area contributed by atoms with Crippen molar-refractivity contribution in [1.29, 1.82) is 0 Å². The maximum Gasteiger partial charge on any atom is 0.221 e. The summed E-state index contributed by atoms with van der Waals surface area (Å²) in [5, 5.41) is 2.73. The molecular weight excluding hydrogens is 224 g/mol. The van der Waals surface area contributed by atoms with Crippen LogP contribution in [-0.4, -0.2) is 5.91 Å². The van der Waals surface area contributed by atoms with Crippen molar-refractivity contribution < 1.29 is 4.79 Å². The van der Waals surface area contributed by atoms with Crippen LogP contribution in [0.4, 0.5) is 11.4 Å². The Morgan fingerprint density at radius 1 is 1.06 bits per heavy atom. The van der Waals surface area contributed by atoms with Gasteiger partial charge in [-0.25, -0.2) is 0 Å². The average molecular weight is 240 g/mol. The molecule has 0 aromatic heterocycles. The largest absolute Gasteiger partial charge is 0.397 e. The molecule has 0 unspecified atom stereocenters. The van der Waals surface area contributed by atoms with Gasteiger partial charge in [-0.05, 0) is 30.2 Å². The summed E-state index contributed by atoms with van der Waals surface area (Å²) in [5.74, 6) is -0.122. The summed E-state index contributed by atoms with van der Waals surface area (Å²) in [4.78, 5) is 11.1. The molecule has 3 heteroatoms. The van der Waals surface area contributed by atoms with Crippen LogP contribution >= 0.6 is 0 Å². The third-order valence-electron chi connectivity index (χ3n) is 2.75. The summed E-state index contributed by atoms with van der Waals surface area (Å²) in [5.41, 5.74) is 10.4. The van der Waals surface area contributed by atoms with Crippen molar-refractivity contribution in [3.05, 3.63) is 48.0 Å². The van der Waals surface area contributed by atoms with E-state index >= 15 is 0 Å². The van der Waals surface area contributed by atoms with Gasteiger partial charge in [0.1, 0.15) is 0 Å². The molecule has 0 bridgehead atoms. The molecule has 92 valence electrons. The molecule has 0 saturated heterocycles. The van der Waals surface area contributed by atoms with Crippen molar-refractivity contribution in [1.82, 2.24) is 0 Å². The second-order valence-electron chi connectivity index (χ2n) is 4.35. The van der Waals surface area contributed by atoms with Crippen molar-refractivity contribution in [2.45, 2.75) is 13.8 Å². The van der Waals surface area contributed by atoms with Gasteiger partial charge in [0.25, 0.3) is 0 Å². The number of carbonyl (C=O) groups is 1. The zero-order valence-corrected chi connectivity index (χ0v) is 10.5. The first-order valence-electron chi connectivity index (χ1n) is 5.80. The fraction of sp³-hybridized carbons (Fsp3) is 0.133. The molecule has 18 heavy (non-hydrogen) atoms. The van der Waals surface area contributed by atoms with Crippen LogP contribution in [0.2, 0.25) is 0 Å². The minimum absolute atomic E-state index is 0.122. The lowest BCUT2D eigenvalue weighted by molar-refractivity contribution is -0.114. The smallest absolute Gasteiger partial charge is 0.221 e. The van der Waals surface area contributed by atoms with Gasteiger partial charge in [0, 0.05) is 6.92 Å². The van der Waals surface area contributed by atoms with Crippen LogP contribution in [0.5, 0.6) is 0 Å². The molecule has 3 N–H and O–H groups in total. The van der Waals surface area contributed by atoms with Crippen LogP contribution in [0.1, 0.15) is 12.5 Å². The molecule has 1 amide bonds. The van der Waals surface area contributed by atoms with E-state index in [-0.39, 0.29) is 5.91 Å². The summed E-state index contributed by atoms with van der Waals surface area (Å²) < 4.78 is 0. The van der Waals surface area contributed by atoms with Crippen molar-refractivity contribution in [3.63, 3.8) is 0 Å². The molecule has 0 aliphatic heterocycles. The van der Waals surface area contributed by atoms with Gasteiger partial charge in [-0.1, -0.05) is 35.9 Å². The van der Waals surface area contributed by atoms with Crippen molar-refractivity contribution in [2.24, 2.45) is 0 Å². The summed E-state index contributed by atoms with van der Waals surface area (Å²) in [6.07, 6.45) is 0. The zero-order chi connectivity index (χ0) is 13.1. The van der Waals surface area contributed by atoms with E-state index in [1.165, 1.54) is 12.5 Å². The number of hydrogen-bond acceptors (Lipinski definition) is 2. The monoisotopic (exact) mass is 240 g/mol. The topological polar surface area (TPSA) is 55.1 Å². The van der Waals surface area contributed by atoms with Gasteiger partial charge in [-0.15, -0.1) is 0 Å². The van der Waals surface area contributed by atoms with Crippen LogP contribution in [0.15, 0.2) is 42.5 Å². The van der Waals surface area contributed by atoms with E-state index in [1.54, 1.807) is 6.07 Å². The van der Waals surface area contributed by atoms with E-state index in [0.29, 0.717) is 11.4 Å². The number of benzene rings is 2. The highest BCUT2D eigenvalue weighted by atomic mass is 16.1. The predicted octanol–water partition coefficient (Wildman–Crippen LogP) is 3.20. The fourth-order valence-corrected chi connectivity index (χ4v) is 1.78. The summed E-state index contributed by atoms with van der Waals surface area (Å²) in [6.45, 7) is 3.52. The van der Waals surface area contributed by atoms with E-state index < -0.39 is 0 Å². The van der Waals surface area contributed by atoms with Gasteiger partial charge in [0.15, 0.2) is 0 Å². The summed E-state index contributed by atoms with van der Waals surface area (Å²) in [7, 11) is 0. The SMILES string of the molecule is CC(=O)Nc1cc(-c2ccc(C)cc2)ccc1N. The molecule has 0 spiro atoms. The van der Waals surface area contributed by atoms with Crippen LogP contribution < -0.4 is 11.1 Å². The second kappa shape index (κ2) is 4.92. The first kappa shape index (κ1) is 12.2. The lowest BCUT2D eigenvalue weighted by Crippen LogP contribution is -2.08. The number of amides is 1. The number of carbonyl (C=O) groups excluding carboxylic acids is 1. The third-order valence-corrected chi connectivity index (χ3v) is 2.75. The number of nitrogen functional groups attached to an aromatic ring is 1. The molecule has 2 rings (SSSR count). The molecular formula is C15H16N2O. The number of nitrogens with two attached hydrogens (primary N) is 1. The Bertz CT molecular complexity index is 574. The molecule has 0 saturated carbocycles. The minimum Gasteiger partial charge on any atom is -0.397 e. The lowest BCUT2D eigenvalue weighted by atomic mass is 10.0.